The first-order valence-electron chi connectivity index (χ1n) is 3.34. The van der Waals surface area contributed by atoms with E-state index in [-0.39, 0.29) is 5.69 Å². The molecule has 0 saturated heterocycles. The number of carboxylic acids is 1. The van der Waals surface area contributed by atoms with Gasteiger partial charge in [-0.3, -0.25) is 4.99 Å². The number of aromatic carboxylic acids is 1. The van der Waals surface area contributed by atoms with Gasteiger partial charge in [-0.15, -0.1) is 0 Å². The molecule has 0 fully saturated rings. The van der Waals surface area contributed by atoms with E-state index in [0.29, 0.717) is 12.5 Å². The maximum absolute atomic E-state index is 10.5. The van der Waals surface area contributed by atoms with E-state index in [1.165, 1.54) is 17.1 Å². The molecule has 0 spiro atoms. The van der Waals surface area contributed by atoms with Gasteiger partial charge in [-0.1, -0.05) is 0 Å². The van der Waals surface area contributed by atoms with Crippen LogP contribution in [0, 0.1) is 0 Å². The molecule has 0 atom stereocenters. The van der Waals surface area contributed by atoms with Gasteiger partial charge in [0.05, 0.1) is 0 Å². The third kappa shape index (κ3) is 0.931. The minimum Gasteiger partial charge on any atom is -0.476 e. The molecule has 0 bridgehead atoms. The third-order valence-corrected chi connectivity index (χ3v) is 1.50. The minimum atomic E-state index is -1.04. The van der Waals surface area contributed by atoms with Crippen LogP contribution < -0.4 is 5.32 Å². The molecule has 0 saturated carbocycles. The number of anilines is 1. The van der Waals surface area contributed by atoms with Crippen molar-refractivity contribution in [1.82, 2.24) is 9.78 Å². The van der Waals surface area contributed by atoms with Crippen LogP contribution in [0.1, 0.15) is 10.5 Å². The van der Waals surface area contributed by atoms with Crippen LogP contribution in [0.25, 0.3) is 0 Å². The van der Waals surface area contributed by atoms with Gasteiger partial charge in [-0.25, -0.2) is 9.48 Å². The highest BCUT2D eigenvalue weighted by Gasteiger charge is 2.12. The topological polar surface area (TPSA) is 79.5 Å². The van der Waals surface area contributed by atoms with Crippen molar-refractivity contribution in [3.8, 4) is 0 Å². The summed E-state index contributed by atoms with van der Waals surface area (Å²) in [4.78, 5) is 14.3. The molecule has 0 aromatic carbocycles. The van der Waals surface area contributed by atoms with Crippen molar-refractivity contribution in [2.24, 2.45) is 4.99 Å². The largest absolute Gasteiger partial charge is 0.476 e. The smallest absolute Gasteiger partial charge is 0.356 e. The zero-order valence-corrected chi connectivity index (χ0v) is 6.06. The minimum absolute atomic E-state index is 0.0193. The van der Waals surface area contributed by atoms with Gasteiger partial charge >= 0.3 is 5.97 Å². The number of fused-ring (bicyclic) bond motifs is 1. The van der Waals surface area contributed by atoms with Crippen LogP contribution in [-0.2, 0) is 0 Å². The first-order chi connectivity index (χ1) is 5.77. The van der Waals surface area contributed by atoms with Crippen molar-refractivity contribution in [2.45, 2.75) is 0 Å². The second-order valence-corrected chi connectivity index (χ2v) is 2.30. The molecular formula is C6H6N4O2. The fourth-order valence-electron chi connectivity index (χ4n) is 0.964. The fraction of sp³-hybridized carbons (Fsp3) is 0.167. The predicted octanol–water partition coefficient (Wildman–Crippen LogP) is -0.159. The Morgan fingerprint density at radius 2 is 2.58 bits per heavy atom. The Balaban J connectivity index is 2.46. The lowest BCUT2D eigenvalue weighted by molar-refractivity contribution is 0.0690. The number of hydrogen-bond acceptors (Lipinski definition) is 4. The van der Waals surface area contributed by atoms with E-state index >= 15 is 0 Å². The average Bonchev–Trinajstić information content (AvgIpc) is 2.46. The van der Waals surface area contributed by atoms with Gasteiger partial charge in [0.2, 0.25) is 0 Å². The molecule has 1 aliphatic rings. The van der Waals surface area contributed by atoms with Gasteiger partial charge in [0, 0.05) is 6.07 Å². The highest BCUT2D eigenvalue weighted by Crippen LogP contribution is 2.10. The van der Waals surface area contributed by atoms with E-state index in [2.05, 4.69) is 15.4 Å². The summed E-state index contributed by atoms with van der Waals surface area (Å²) in [5.41, 5.74) is 0.0193. The molecule has 12 heavy (non-hydrogen) atoms. The first-order valence-corrected chi connectivity index (χ1v) is 3.34. The SMILES string of the molecule is O=C(O)c1cc2n(n1)C=NCN2. The number of aromatic nitrogens is 2. The lowest BCUT2D eigenvalue weighted by Crippen LogP contribution is -2.13. The molecule has 1 aromatic rings. The van der Waals surface area contributed by atoms with E-state index in [4.69, 9.17) is 5.11 Å². The van der Waals surface area contributed by atoms with Crippen molar-refractivity contribution in [1.29, 1.82) is 0 Å². The Labute approximate surface area is 67.5 Å². The molecular weight excluding hydrogens is 160 g/mol. The highest BCUT2D eigenvalue weighted by molar-refractivity contribution is 5.87. The Kier molecular flexibility index (Phi) is 1.33. The second-order valence-electron chi connectivity index (χ2n) is 2.30. The van der Waals surface area contributed by atoms with Crippen molar-refractivity contribution in [2.75, 3.05) is 12.0 Å². The van der Waals surface area contributed by atoms with Crippen LogP contribution in [0.3, 0.4) is 0 Å². The monoisotopic (exact) mass is 166 g/mol. The van der Waals surface area contributed by atoms with Gasteiger partial charge in [0.25, 0.3) is 0 Å². The van der Waals surface area contributed by atoms with Gasteiger partial charge < -0.3 is 10.4 Å². The number of carboxylic acid groups (broad SMARTS) is 1. The van der Waals surface area contributed by atoms with Crippen molar-refractivity contribution in [3.05, 3.63) is 11.8 Å². The number of nitrogens with zero attached hydrogens (tertiary/aromatic N) is 3. The molecule has 6 heteroatoms. The molecule has 2 rings (SSSR count). The number of aliphatic imine (C=N–C) groups is 1. The number of rotatable bonds is 1. The van der Waals surface area contributed by atoms with Crippen molar-refractivity contribution < 1.29 is 9.90 Å². The van der Waals surface area contributed by atoms with E-state index in [0.717, 1.165) is 0 Å². The molecule has 0 radical (unpaired) electrons. The van der Waals surface area contributed by atoms with Gasteiger partial charge in [-0.05, 0) is 0 Å². The van der Waals surface area contributed by atoms with E-state index in [1.807, 2.05) is 0 Å². The van der Waals surface area contributed by atoms with E-state index < -0.39 is 5.97 Å². The van der Waals surface area contributed by atoms with Crippen molar-refractivity contribution in [3.63, 3.8) is 0 Å². The van der Waals surface area contributed by atoms with E-state index in [9.17, 15) is 4.79 Å². The zero-order valence-electron chi connectivity index (χ0n) is 6.06. The maximum atomic E-state index is 10.5. The third-order valence-electron chi connectivity index (χ3n) is 1.50. The van der Waals surface area contributed by atoms with Crippen LogP contribution in [0.5, 0.6) is 0 Å². The number of carbonyl (C=O) groups is 1. The molecule has 1 aliphatic heterocycles. The zero-order chi connectivity index (χ0) is 8.55. The van der Waals surface area contributed by atoms with Crippen LogP contribution >= 0.6 is 0 Å². The van der Waals surface area contributed by atoms with Gasteiger partial charge in [-0.2, -0.15) is 5.10 Å². The van der Waals surface area contributed by atoms with Crippen LogP contribution in [0.4, 0.5) is 5.82 Å². The first kappa shape index (κ1) is 6.84. The van der Waals surface area contributed by atoms with Crippen molar-refractivity contribution >= 4 is 18.1 Å². The summed E-state index contributed by atoms with van der Waals surface area (Å²) in [6, 6.07) is 1.47. The summed E-state index contributed by atoms with van der Waals surface area (Å²) in [5.74, 6) is -0.380. The normalized spacial score (nSPS) is 13.7. The highest BCUT2D eigenvalue weighted by atomic mass is 16.4. The average molecular weight is 166 g/mol. The molecule has 62 valence electrons. The summed E-state index contributed by atoms with van der Waals surface area (Å²) in [7, 11) is 0. The molecule has 0 aliphatic carbocycles. The predicted molar refractivity (Wildman–Crippen MR) is 41.6 cm³/mol. The number of hydrogen-bond donors (Lipinski definition) is 2. The lowest BCUT2D eigenvalue weighted by atomic mass is 10.4. The summed E-state index contributed by atoms with van der Waals surface area (Å²) in [6.07, 6.45) is 1.48. The summed E-state index contributed by atoms with van der Waals surface area (Å²) in [6.45, 7) is 0.463. The lowest BCUT2D eigenvalue weighted by Gasteiger charge is -2.06. The summed E-state index contributed by atoms with van der Waals surface area (Å²) < 4.78 is 1.40. The molecule has 1 aromatic heterocycles. The summed E-state index contributed by atoms with van der Waals surface area (Å²) >= 11 is 0. The van der Waals surface area contributed by atoms with E-state index in [1.54, 1.807) is 0 Å². The standard InChI is InChI=1S/C6H6N4O2/c11-6(12)4-1-5-8-2-7-3-10(5)9-4/h1,3,8H,2H2,(H,11,12). The van der Waals surface area contributed by atoms with Crippen LogP contribution in [0.15, 0.2) is 11.1 Å². The molecule has 6 nitrogen and oxygen atoms in total. The Bertz CT molecular complexity index is 354. The van der Waals surface area contributed by atoms with Crippen LogP contribution in [0.2, 0.25) is 0 Å². The molecule has 0 amide bonds. The molecule has 2 N–H and O–H groups in total. The Morgan fingerprint density at radius 3 is 3.25 bits per heavy atom. The quantitative estimate of drug-likeness (QED) is 0.607. The molecule has 2 heterocycles. The van der Waals surface area contributed by atoms with Crippen LogP contribution in [-0.4, -0.2) is 33.9 Å². The Hall–Kier alpha value is -1.85. The summed E-state index contributed by atoms with van der Waals surface area (Å²) in [5, 5.41) is 15.2. The van der Waals surface area contributed by atoms with Gasteiger partial charge in [0.1, 0.15) is 18.8 Å². The number of nitrogens with one attached hydrogen (secondary N) is 1. The molecule has 0 unspecified atom stereocenters. The Morgan fingerprint density at radius 1 is 1.75 bits per heavy atom. The fourth-order valence-corrected chi connectivity index (χ4v) is 0.964. The second kappa shape index (κ2) is 2.33. The van der Waals surface area contributed by atoms with Gasteiger partial charge in [0.15, 0.2) is 5.69 Å². The maximum Gasteiger partial charge on any atom is 0.356 e.